The Balaban J connectivity index is 2.05. The molecule has 5 heteroatoms. The molecule has 23 heavy (non-hydrogen) atoms. The number of hydrogen-bond acceptors (Lipinski definition) is 3. The molecule has 0 bridgehead atoms. The Kier molecular flexibility index (Phi) is 3.85. The molecule has 3 aromatic rings. The number of ether oxygens (including phenoxy) is 1. The minimum atomic E-state index is -1.06. The molecule has 1 heterocycles. The van der Waals surface area contributed by atoms with E-state index in [1.807, 2.05) is 6.92 Å². The molecule has 0 aliphatic carbocycles. The summed E-state index contributed by atoms with van der Waals surface area (Å²) in [7, 11) is 0. The standard InChI is InChI=1S/C18H15NO4/c1-2-23-13-9-7-12(8-10-13)17(20)19-11-15(18(21)22)14-5-3-4-6-16(14)19/h3-11H,2H2,1H3,(H,21,22). The quantitative estimate of drug-likeness (QED) is 0.801. The third-order valence-electron chi connectivity index (χ3n) is 3.57. The van der Waals surface area contributed by atoms with Crippen molar-refractivity contribution in [3.8, 4) is 5.75 Å². The fourth-order valence-electron chi connectivity index (χ4n) is 2.52. The number of aromatic nitrogens is 1. The van der Waals surface area contributed by atoms with E-state index in [4.69, 9.17) is 4.74 Å². The lowest BCUT2D eigenvalue weighted by molar-refractivity contribution is 0.0699. The molecule has 1 aromatic heterocycles. The van der Waals surface area contributed by atoms with Crippen molar-refractivity contribution >= 4 is 22.8 Å². The Morgan fingerprint density at radius 1 is 1.09 bits per heavy atom. The van der Waals surface area contributed by atoms with E-state index < -0.39 is 5.97 Å². The van der Waals surface area contributed by atoms with Gasteiger partial charge in [0.15, 0.2) is 0 Å². The van der Waals surface area contributed by atoms with Crippen molar-refractivity contribution < 1.29 is 19.4 Å². The molecule has 0 saturated heterocycles. The van der Waals surface area contributed by atoms with Gasteiger partial charge in [-0.3, -0.25) is 9.36 Å². The normalized spacial score (nSPS) is 10.7. The van der Waals surface area contributed by atoms with Gasteiger partial charge in [-0.1, -0.05) is 18.2 Å². The molecule has 0 amide bonds. The highest BCUT2D eigenvalue weighted by Gasteiger charge is 2.18. The average Bonchev–Trinajstić information content (AvgIpc) is 2.95. The van der Waals surface area contributed by atoms with Crippen molar-refractivity contribution in [3.63, 3.8) is 0 Å². The molecule has 0 aliphatic rings. The van der Waals surface area contributed by atoms with E-state index in [0.717, 1.165) is 0 Å². The zero-order valence-electron chi connectivity index (χ0n) is 12.5. The highest BCUT2D eigenvalue weighted by atomic mass is 16.5. The fourth-order valence-corrected chi connectivity index (χ4v) is 2.52. The summed E-state index contributed by atoms with van der Waals surface area (Å²) in [6.07, 6.45) is 1.37. The van der Waals surface area contributed by atoms with E-state index in [2.05, 4.69) is 0 Å². The van der Waals surface area contributed by atoms with E-state index in [9.17, 15) is 14.7 Å². The molecule has 0 fully saturated rings. The molecule has 0 unspecified atom stereocenters. The monoisotopic (exact) mass is 309 g/mol. The van der Waals surface area contributed by atoms with Crippen LogP contribution in [0, 0.1) is 0 Å². The second-order valence-corrected chi connectivity index (χ2v) is 5.00. The van der Waals surface area contributed by atoms with Gasteiger partial charge in [-0.25, -0.2) is 4.79 Å². The van der Waals surface area contributed by atoms with Gasteiger partial charge in [0.05, 0.1) is 17.7 Å². The third-order valence-corrected chi connectivity index (χ3v) is 3.57. The Morgan fingerprint density at radius 2 is 1.78 bits per heavy atom. The second kappa shape index (κ2) is 5.96. The molecule has 0 atom stereocenters. The van der Waals surface area contributed by atoms with Crippen molar-refractivity contribution in [2.75, 3.05) is 6.61 Å². The summed E-state index contributed by atoms with van der Waals surface area (Å²) >= 11 is 0. The lowest BCUT2D eigenvalue weighted by Crippen LogP contribution is -2.10. The topological polar surface area (TPSA) is 68.5 Å². The van der Waals surface area contributed by atoms with Crippen molar-refractivity contribution in [1.82, 2.24) is 4.57 Å². The zero-order valence-corrected chi connectivity index (χ0v) is 12.5. The van der Waals surface area contributed by atoms with Gasteiger partial charge in [0.2, 0.25) is 0 Å². The van der Waals surface area contributed by atoms with Crippen molar-refractivity contribution in [3.05, 3.63) is 65.9 Å². The number of carboxylic acids is 1. The number of rotatable bonds is 4. The summed E-state index contributed by atoms with van der Waals surface area (Å²) in [6.45, 7) is 2.44. The lowest BCUT2D eigenvalue weighted by Gasteiger charge is -2.06. The SMILES string of the molecule is CCOc1ccc(C(=O)n2cc(C(=O)O)c3ccccc32)cc1. The number of aromatic carboxylic acids is 1. The first-order valence-corrected chi connectivity index (χ1v) is 7.22. The van der Waals surface area contributed by atoms with Crippen LogP contribution in [0.4, 0.5) is 0 Å². The first kappa shape index (κ1) is 14.8. The van der Waals surface area contributed by atoms with Gasteiger partial charge >= 0.3 is 5.97 Å². The summed E-state index contributed by atoms with van der Waals surface area (Å²) in [5.74, 6) is -0.649. The first-order chi connectivity index (χ1) is 11.1. The molecule has 1 N–H and O–H groups in total. The molecule has 116 valence electrons. The van der Waals surface area contributed by atoms with Crippen LogP contribution in [0.15, 0.2) is 54.7 Å². The largest absolute Gasteiger partial charge is 0.494 e. The molecule has 0 radical (unpaired) electrons. The molecule has 3 rings (SSSR count). The molecule has 2 aromatic carbocycles. The number of carboxylic acid groups (broad SMARTS) is 1. The van der Waals surface area contributed by atoms with Crippen LogP contribution < -0.4 is 4.74 Å². The predicted octanol–water partition coefficient (Wildman–Crippen LogP) is 3.43. The number of carbonyl (C=O) groups is 2. The molecular weight excluding hydrogens is 294 g/mol. The van der Waals surface area contributed by atoms with E-state index in [-0.39, 0.29) is 11.5 Å². The molecule has 0 spiro atoms. The van der Waals surface area contributed by atoms with Crippen LogP contribution in [0.2, 0.25) is 0 Å². The highest BCUT2D eigenvalue weighted by Crippen LogP contribution is 2.23. The Bertz CT molecular complexity index is 878. The summed E-state index contributed by atoms with van der Waals surface area (Å²) in [4.78, 5) is 24.1. The summed E-state index contributed by atoms with van der Waals surface area (Å²) < 4.78 is 6.73. The van der Waals surface area contributed by atoms with Crippen LogP contribution in [-0.4, -0.2) is 28.2 Å². The Morgan fingerprint density at radius 3 is 2.43 bits per heavy atom. The summed E-state index contributed by atoms with van der Waals surface area (Å²) in [5, 5.41) is 9.84. The van der Waals surface area contributed by atoms with Crippen molar-refractivity contribution in [2.24, 2.45) is 0 Å². The molecular formula is C18H15NO4. The van der Waals surface area contributed by atoms with Gasteiger partial charge in [-0.15, -0.1) is 0 Å². The van der Waals surface area contributed by atoms with Gasteiger partial charge in [-0.2, -0.15) is 0 Å². The number of fused-ring (bicyclic) bond motifs is 1. The smallest absolute Gasteiger partial charge is 0.337 e. The van der Waals surface area contributed by atoms with E-state index >= 15 is 0 Å². The fraction of sp³-hybridized carbons (Fsp3) is 0.111. The first-order valence-electron chi connectivity index (χ1n) is 7.22. The maximum atomic E-state index is 12.7. The number of para-hydroxylation sites is 1. The summed E-state index contributed by atoms with van der Waals surface area (Å²) in [5.41, 5.74) is 1.15. The summed E-state index contributed by atoms with van der Waals surface area (Å²) in [6, 6.07) is 13.7. The van der Waals surface area contributed by atoms with Gasteiger partial charge in [0.25, 0.3) is 5.91 Å². The van der Waals surface area contributed by atoms with Gasteiger partial charge in [-0.05, 0) is 37.3 Å². The number of carbonyl (C=O) groups excluding carboxylic acids is 1. The third kappa shape index (κ3) is 2.68. The van der Waals surface area contributed by atoms with Crippen LogP contribution in [0.3, 0.4) is 0 Å². The Hall–Kier alpha value is -3.08. The lowest BCUT2D eigenvalue weighted by atomic mass is 10.2. The van der Waals surface area contributed by atoms with Crippen molar-refractivity contribution in [2.45, 2.75) is 6.92 Å². The van der Waals surface area contributed by atoms with E-state index in [1.54, 1.807) is 48.5 Å². The van der Waals surface area contributed by atoms with E-state index in [1.165, 1.54) is 10.8 Å². The maximum Gasteiger partial charge on any atom is 0.337 e. The van der Waals surface area contributed by atoms with Crippen LogP contribution in [0.25, 0.3) is 10.9 Å². The van der Waals surface area contributed by atoms with Crippen LogP contribution in [-0.2, 0) is 0 Å². The second-order valence-electron chi connectivity index (χ2n) is 5.00. The number of benzene rings is 2. The average molecular weight is 309 g/mol. The van der Waals surface area contributed by atoms with Gasteiger partial charge < -0.3 is 9.84 Å². The predicted molar refractivity (Wildman–Crippen MR) is 86.2 cm³/mol. The van der Waals surface area contributed by atoms with Crippen LogP contribution in [0.5, 0.6) is 5.75 Å². The van der Waals surface area contributed by atoms with Crippen LogP contribution in [0.1, 0.15) is 27.6 Å². The minimum absolute atomic E-state index is 0.111. The Labute approximate surface area is 132 Å². The molecule has 0 aliphatic heterocycles. The van der Waals surface area contributed by atoms with E-state index in [0.29, 0.717) is 28.8 Å². The van der Waals surface area contributed by atoms with Gasteiger partial charge in [0, 0.05) is 17.1 Å². The highest BCUT2D eigenvalue weighted by molar-refractivity contribution is 6.09. The number of nitrogens with zero attached hydrogens (tertiary/aromatic N) is 1. The zero-order chi connectivity index (χ0) is 16.4. The minimum Gasteiger partial charge on any atom is -0.494 e. The van der Waals surface area contributed by atoms with Crippen LogP contribution >= 0.6 is 0 Å². The maximum absolute atomic E-state index is 12.7. The number of hydrogen-bond donors (Lipinski definition) is 1. The van der Waals surface area contributed by atoms with Crippen molar-refractivity contribution in [1.29, 1.82) is 0 Å². The molecule has 0 saturated carbocycles. The van der Waals surface area contributed by atoms with Gasteiger partial charge in [0.1, 0.15) is 5.75 Å². The molecule has 5 nitrogen and oxygen atoms in total.